The van der Waals surface area contributed by atoms with Crippen LogP contribution in [0, 0.1) is 16.7 Å². The number of ether oxygens (including phenoxy) is 1. The number of rotatable bonds is 5. The predicted octanol–water partition coefficient (Wildman–Crippen LogP) is 5.44. The molecule has 0 radical (unpaired) electrons. The fraction of sp³-hybridized carbons (Fsp3) is 0.560. The van der Waals surface area contributed by atoms with E-state index in [0.717, 1.165) is 11.1 Å². The van der Waals surface area contributed by atoms with Crippen molar-refractivity contribution < 1.29 is 14.6 Å². The monoisotopic (exact) mass is 384 g/mol. The molecule has 1 aliphatic rings. The summed E-state index contributed by atoms with van der Waals surface area (Å²) in [5, 5.41) is 10.6. The van der Waals surface area contributed by atoms with Crippen LogP contribution in [0.1, 0.15) is 60.5 Å². The number of allylic oxidation sites excluding steroid dienone is 1. The van der Waals surface area contributed by atoms with Crippen LogP contribution in [0.5, 0.6) is 0 Å². The lowest BCUT2D eigenvalue weighted by atomic mass is 9.64. The molecular weight excluding hydrogens is 348 g/mol. The van der Waals surface area contributed by atoms with Crippen molar-refractivity contribution in [1.29, 1.82) is 0 Å². The number of hydrogen-bond acceptors (Lipinski definition) is 3. The fourth-order valence-corrected chi connectivity index (χ4v) is 3.72. The van der Waals surface area contributed by atoms with Crippen LogP contribution < -0.4 is 0 Å². The van der Waals surface area contributed by atoms with Crippen LogP contribution in [0.2, 0.25) is 0 Å². The van der Waals surface area contributed by atoms with E-state index < -0.39 is 11.7 Å². The van der Waals surface area contributed by atoms with Crippen molar-refractivity contribution in [2.24, 2.45) is 16.7 Å². The number of benzene rings is 1. The normalized spacial score (nSPS) is 24.6. The molecule has 3 heteroatoms. The molecule has 0 saturated carbocycles. The summed E-state index contributed by atoms with van der Waals surface area (Å²) in [6.07, 6.45) is 1.80. The maximum atomic E-state index is 13.2. The minimum Gasteiger partial charge on any atom is -0.386 e. The van der Waals surface area contributed by atoms with Crippen LogP contribution in [0.4, 0.5) is 0 Å². The molecular formula is C25H36O3. The Balaban J connectivity index is 2.23. The summed E-state index contributed by atoms with van der Waals surface area (Å²) in [5.74, 6) is 0.0986. The summed E-state index contributed by atoms with van der Waals surface area (Å²) < 4.78 is 6.23. The van der Waals surface area contributed by atoms with E-state index in [-0.39, 0.29) is 29.1 Å². The summed E-state index contributed by atoms with van der Waals surface area (Å²) in [6.45, 7) is 18.7. The SMILES string of the molecule is C=C(c1ccccc1)[C@H](O)CO[C@@]1(C)C=C(C(C)(C)C)C(=O)C(C(C)(C)C)C1. The molecule has 0 fully saturated rings. The van der Waals surface area contributed by atoms with Gasteiger partial charge in [-0.1, -0.05) is 78.5 Å². The first-order chi connectivity index (χ1) is 12.7. The lowest BCUT2D eigenvalue weighted by Gasteiger charge is -2.43. The quantitative estimate of drug-likeness (QED) is 0.735. The largest absolute Gasteiger partial charge is 0.386 e. The molecule has 28 heavy (non-hydrogen) atoms. The minimum absolute atomic E-state index is 0.119. The average Bonchev–Trinajstić information content (AvgIpc) is 2.60. The Hall–Kier alpha value is -1.71. The van der Waals surface area contributed by atoms with Crippen LogP contribution in [-0.4, -0.2) is 29.2 Å². The van der Waals surface area contributed by atoms with Gasteiger partial charge in [0.05, 0.1) is 12.2 Å². The van der Waals surface area contributed by atoms with Crippen LogP contribution in [0.25, 0.3) is 5.57 Å². The Morgan fingerprint density at radius 3 is 2.29 bits per heavy atom. The number of aliphatic hydroxyl groups excluding tert-OH is 1. The Bertz CT molecular complexity index is 746. The maximum Gasteiger partial charge on any atom is 0.162 e. The van der Waals surface area contributed by atoms with Crippen molar-refractivity contribution in [3.8, 4) is 0 Å². The minimum atomic E-state index is -0.795. The van der Waals surface area contributed by atoms with Gasteiger partial charge in [0.25, 0.3) is 0 Å². The van der Waals surface area contributed by atoms with Crippen molar-refractivity contribution >= 4 is 11.4 Å². The summed E-state index contributed by atoms with van der Waals surface area (Å²) in [5.41, 5.74) is 1.35. The third kappa shape index (κ3) is 5.21. The van der Waals surface area contributed by atoms with E-state index in [4.69, 9.17) is 4.74 Å². The molecule has 1 aromatic carbocycles. The second kappa shape index (κ2) is 7.96. The van der Waals surface area contributed by atoms with Gasteiger partial charge >= 0.3 is 0 Å². The zero-order valence-electron chi connectivity index (χ0n) is 18.5. The highest BCUT2D eigenvalue weighted by Gasteiger charge is 2.45. The topological polar surface area (TPSA) is 46.5 Å². The summed E-state index contributed by atoms with van der Waals surface area (Å²) in [4.78, 5) is 13.2. The molecule has 0 aliphatic heterocycles. The standard InChI is InChI=1S/C25H36O3/c1-17(18-12-10-9-11-13-18)21(26)16-28-25(8)14-19(23(2,3)4)22(27)20(15-25)24(5,6)7/h9-14,20-21,26H,1,15-16H2,2-8H3/t20?,21-,25+/m1/s1. The fourth-order valence-electron chi connectivity index (χ4n) is 3.72. The van der Waals surface area contributed by atoms with Gasteiger partial charge < -0.3 is 9.84 Å². The summed E-state index contributed by atoms with van der Waals surface area (Å²) in [6, 6.07) is 9.65. The molecule has 1 aromatic rings. The number of carbonyl (C=O) groups is 1. The zero-order valence-corrected chi connectivity index (χ0v) is 18.5. The molecule has 2 rings (SSSR count). The molecule has 1 unspecified atom stereocenters. The average molecular weight is 385 g/mol. The molecule has 1 aliphatic carbocycles. The van der Waals surface area contributed by atoms with Crippen molar-refractivity contribution in [3.63, 3.8) is 0 Å². The van der Waals surface area contributed by atoms with Gasteiger partial charge in [-0.3, -0.25) is 4.79 Å². The van der Waals surface area contributed by atoms with E-state index in [9.17, 15) is 9.90 Å². The molecule has 1 N–H and O–H groups in total. The van der Waals surface area contributed by atoms with Crippen LogP contribution >= 0.6 is 0 Å². The van der Waals surface area contributed by atoms with Gasteiger partial charge in [-0.05, 0) is 47.0 Å². The van der Waals surface area contributed by atoms with Gasteiger partial charge in [0.15, 0.2) is 5.78 Å². The third-order valence-corrected chi connectivity index (χ3v) is 5.61. The first-order valence-corrected chi connectivity index (χ1v) is 10.1. The van der Waals surface area contributed by atoms with Crippen LogP contribution in [0.15, 0.2) is 48.6 Å². The molecule has 3 nitrogen and oxygen atoms in total. The van der Waals surface area contributed by atoms with E-state index >= 15 is 0 Å². The number of carbonyl (C=O) groups excluding carboxylic acids is 1. The molecule has 0 heterocycles. The Labute approximate surface area is 170 Å². The Morgan fingerprint density at radius 2 is 1.79 bits per heavy atom. The molecule has 0 amide bonds. The van der Waals surface area contributed by atoms with Gasteiger partial charge in [-0.15, -0.1) is 0 Å². The molecule has 0 bridgehead atoms. The van der Waals surface area contributed by atoms with E-state index in [1.165, 1.54) is 0 Å². The first kappa shape index (κ1) is 22.6. The maximum absolute atomic E-state index is 13.2. The second-order valence-corrected chi connectivity index (χ2v) is 10.3. The number of aliphatic hydroxyl groups is 1. The summed E-state index contributed by atoms with van der Waals surface area (Å²) in [7, 11) is 0. The molecule has 0 aromatic heterocycles. The number of ketones is 1. The van der Waals surface area contributed by atoms with Crippen molar-refractivity contribution in [3.05, 3.63) is 54.1 Å². The second-order valence-electron chi connectivity index (χ2n) is 10.3. The predicted molar refractivity (Wildman–Crippen MR) is 116 cm³/mol. The highest BCUT2D eigenvalue weighted by Crippen LogP contribution is 2.45. The van der Waals surface area contributed by atoms with Gasteiger partial charge in [0.1, 0.15) is 6.10 Å². The first-order valence-electron chi connectivity index (χ1n) is 10.1. The lowest BCUT2D eigenvalue weighted by molar-refractivity contribution is -0.130. The van der Waals surface area contributed by atoms with Gasteiger partial charge in [-0.25, -0.2) is 0 Å². The van der Waals surface area contributed by atoms with Gasteiger partial charge in [-0.2, -0.15) is 0 Å². The third-order valence-electron chi connectivity index (χ3n) is 5.61. The van der Waals surface area contributed by atoms with Crippen molar-refractivity contribution in [2.75, 3.05) is 6.61 Å². The van der Waals surface area contributed by atoms with E-state index in [1.54, 1.807) is 0 Å². The molecule has 0 spiro atoms. The highest BCUT2D eigenvalue weighted by atomic mass is 16.5. The van der Waals surface area contributed by atoms with Crippen molar-refractivity contribution in [2.45, 2.75) is 66.6 Å². The van der Waals surface area contributed by atoms with Gasteiger partial charge in [0.2, 0.25) is 0 Å². The molecule has 0 saturated heterocycles. The Kier molecular flexibility index (Phi) is 6.42. The zero-order chi connectivity index (χ0) is 21.3. The molecule has 154 valence electrons. The van der Waals surface area contributed by atoms with E-state index in [2.05, 4.69) is 48.1 Å². The molecule has 3 atom stereocenters. The van der Waals surface area contributed by atoms with Crippen molar-refractivity contribution in [1.82, 2.24) is 0 Å². The Morgan fingerprint density at radius 1 is 1.21 bits per heavy atom. The van der Waals surface area contributed by atoms with Gasteiger partial charge in [0, 0.05) is 5.92 Å². The smallest absolute Gasteiger partial charge is 0.162 e. The van der Waals surface area contributed by atoms with Crippen LogP contribution in [0.3, 0.4) is 0 Å². The van der Waals surface area contributed by atoms with E-state index in [0.29, 0.717) is 12.0 Å². The number of Topliss-reactive ketones (excluding diaryl/α,β-unsaturated/α-hetero) is 1. The number of hydrogen-bond donors (Lipinski definition) is 1. The van der Waals surface area contributed by atoms with E-state index in [1.807, 2.05) is 43.3 Å². The van der Waals surface area contributed by atoms with Crippen LogP contribution in [-0.2, 0) is 9.53 Å². The highest BCUT2D eigenvalue weighted by molar-refractivity contribution is 5.99. The summed E-state index contributed by atoms with van der Waals surface area (Å²) >= 11 is 0. The lowest BCUT2D eigenvalue weighted by Crippen LogP contribution is -2.45.